The van der Waals surface area contributed by atoms with Crippen LogP contribution in [0.4, 0.5) is 10.1 Å². The number of esters is 1. The second-order valence-corrected chi connectivity index (χ2v) is 3.21. The number of carbonyl (C=O) groups is 2. The molecule has 1 aliphatic heterocycles. The fourth-order valence-corrected chi connectivity index (χ4v) is 1.51. The Morgan fingerprint density at radius 3 is 2.93 bits per heavy atom. The predicted molar refractivity (Wildman–Crippen MR) is 50.1 cm³/mol. The maximum atomic E-state index is 13.4. The SMILES string of the molecule is COC(=O)c1cc2c(cc1F)CC(=O)N2. The molecule has 1 aromatic carbocycles. The Bertz CT molecular complexity index is 456. The van der Waals surface area contributed by atoms with E-state index in [1.165, 1.54) is 19.2 Å². The number of benzene rings is 1. The number of hydrogen-bond acceptors (Lipinski definition) is 3. The Balaban J connectivity index is 2.48. The van der Waals surface area contributed by atoms with Crippen molar-refractivity contribution in [3.8, 4) is 0 Å². The number of nitrogens with one attached hydrogen (secondary N) is 1. The molecular formula is C10H8FNO3. The van der Waals surface area contributed by atoms with Crippen LogP contribution in [0.5, 0.6) is 0 Å². The molecule has 0 bridgehead atoms. The summed E-state index contributed by atoms with van der Waals surface area (Å²) < 4.78 is 17.8. The van der Waals surface area contributed by atoms with Gasteiger partial charge >= 0.3 is 5.97 Å². The van der Waals surface area contributed by atoms with E-state index in [2.05, 4.69) is 10.1 Å². The molecule has 0 aliphatic carbocycles. The lowest BCUT2D eigenvalue weighted by Gasteiger charge is -2.04. The zero-order valence-electron chi connectivity index (χ0n) is 7.96. The molecule has 0 saturated heterocycles. The summed E-state index contributed by atoms with van der Waals surface area (Å²) in [5, 5.41) is 2.53. The number of carbonyl (C=O) groups excluding carboxylic acids is 2. The number of halogens is 1. The third-order valence-electron chi connectivity index (χ3n) is 2.22. The van der Waals surface area contributed by atoms with Crippen molar-refractivity contribution in [3.05, 3.63) is 29.1 Å². The molecule has 0 radical (unpaired) electrons. The van der Waals surface area contributed by atoms with Gasteiger partial charge in [0.1, 0.15) is 5.82 Å². The van der Waals surface area contributed by atoms with Crippen molar-refractivity contribution in [1.29, 1.82) is 0 Å². The van der Waals surface area contributed by atoms with Crippen molar-refractivity contribution >= 4 is 17.6 Å². The molecule has 0 atom stereocenters. The number of rotatable bonds is 1. The van der Waals surface area contributed by atoms with E-state index < -0.39 is 11.8 Å². The van der Waals surface area contributed by atoms with E-state index in [0.717, 1.165) is 0 Å². The second-order valence-electron chi connectivity index (χ2n) is 3.21. The molecule has 5 heteroatoms. The van der Waals surface area contributed by atoms with Crippen LogP contribution < -0.4 is 5.32 Å². The first-order valence-electron chi connectivity index (χ1n) is 4.32. The number of hydrogen-bond donors (Lipinski definition) is 1. The van der Waals surface area contributed by atoms with Crippen LogP contribution >= 0.6 is 0 Å². The van der Waals surface area contributed by atoms with Gasteiger partial charge in [0.2, 0.25) is 5.91 Å². The van der Waals surface area contributed by atoms with Crippen LogP contribution in [0.2, 0.25) is 0 Å². The fourth-order valence-electron chi connectivity index (χ4n) is 1.51. The summed E-state index contributed by atoms with van der Waals surface area (Å²) in [6.45, 7) is 0. The zero-order chi connectivity index (χ0) is 11.0. The summed E-state index contributed by atoms with van der Waals surface area (Å²) in [5.74, 6) is -1.63. The molecule has 1 aromatic rings. The minimum Gasteiger partial charge on any atom is -0.465 e. The van der Waals surface area contributed by atoms with Crippen LogP contribution in [0.1, 0.15) is 15.9 Å². The van der Waals surface area contributed by atoms with Gasteiger partial charge in [0.15, 0.2) is 0 Å². The van der Waals surface area contributed by atoms with Crippen molar-refractivity contribution in [2.45, 2.75) is 6.42 Å². The molecule has 0 spiro atoms. The van der Waals surface area contributed by atoms with Crippen LogP contribution in [0.3, 0.4) is 0 Å². The van der Waals surface area contributed by atoms with Crippen LogP contribution in [-0.4, -0.2) is 19.0 Å². The van der Waals surface area contributed by atoms with Gasteiger partial charge in [-0.1, -0.05) is 0 Å². The molecular weight excluding hydrogens is 201 g/mol. The molecule has 1 aliphatic rings. The van der Waals surface area contributed by atoms with Crippen molar-refractivity contribution in [2.24, 2.45) is 0 Å². The topological polar surface area (TPSA) is 55.4 Å². The van der Waals surface area contributed by atoms with E-state index in [1.807, 2.05) is 0 Å². The van der Waals surface area contributed by atoms with Gasteiger partial charge in [-0.3, -0.25) is 4.79 Å². The average Bonchev–Trinajstić information content (AvgIpc) is 2.55. The fraction of sp³-hybridized carbons (Fsp3) is 0.200. The third kappa shape index (κ3) is 1.56. The minimum absolute atomic E-state index is 0.147. The maximum Gasteiger partial charge on any atom is 0.340 e. The van der Waals surface area contributed by atoms with Gasteiger partial charge in [-0.15, -0.1) is 0 Å². The number of amides is 1. The molecule has 0 saturated carbocycles. The number of methoxy groups -OCH3 is 1. The summed E-state index contributed by atoms with van der Waals surface area (Å²) in [6, 6.07) is 2.47. The van der Waals surface area contributed by atoms with Gasteiger partial charge in [-0.2, -0.15) is 0 Å². The van der Waals surface area contributed by atoms with Gasteiger partial charge in [-0.05, 0) is 17.7 Å². The molecule has 2 rings (SSSR count). The predicted octanol–water partition coefficient (Wildman–Crippen LogP) is 1.11. The normalized spacial score (nSPS) is 13.3. The first-order valence-corrected chi connectivity index (χ1v) is 4.32. The number of ether oxygens (including phenoxy) is 1. The van der Waals surface area contributed by atoms with E-state index >= 15 is 0 Å². The number of fused-ring (bicyclic) bond motifs is 1. The van der Waals surface area contributed by atoms with Crippen LogP contribution in [-0.2, 0) is 16.0 Å². The van der Waals surface area contributed by atoms with Gasteiger partial charge in [0.25, 0.3) is 0 Å². The van der Waals surface area contributed by atoms with Crippen molar-refractivity contribution < 1.29 is 18.7 Å². The molecule has 78 valence electrons. The molecule has 0 unspecified atom stereocenters. The largest absolute Gasteiger partial charge is 0.465 e. The molecule has 1 N–H and O–H groups in total. The van der Waals surface area contributed by atoms with E-state index in [1.54, 1.807) is 0 Å². The molecule has 0 aromatic heterocycles. The first-order chi connectivity index (χ1) is 7.11. The van der Waals surface area contributed by atoms with E-state index in [-0.39, 0.29) is 17.9 Å². The van der Waals surface area contributed by atoms with E-state index in [9.17, 15) is 14.0 Å². The highest BCUT2D eigenvalue weighted by Gasteiger charge is 2.22. The lowest BCUT2D eigenvalue weighted by atomic mass is 10.1. The lowest BCUT2D eigenvalue weighted by molar-refractivity contribution is -0.115. The Morgan fingerprint density at radius 2 is 2.27 bits per heavy atom. The second kappa shape index (κ2) is 3.34. The quantitative estimate of drug-likeness (QED) is 0.705. The highest BCUT2D eigenvalue weighted by Crippen LogP contribution is 2.26. The minimum atomic E-state index is -0.753. The molecule has 15 heavy (non-hydrogen) atoms. The van der Waals surface area contributed by atoms with E-state index in [4.69, 9.17) is 0 Å². The van der Waals surface area contributed by atoms with Gasteiger partial charge < -0.3 is 10.1 Å². The highest BCUT2D eigenvalue weighted by atomic mass is 19.1. The molecule has 0 fully saturated rings. The van der Waals surface area contributed by atoms with Crippen molar-refractivity contribution in [2.75, 3.05) is 12.4 Å². The van der Waals surface area contributed by atoms with Crippen LogP contribution in [0, 0.1) is 5.82 Å². The molecule has 4 nitrogen and oxygen atoms in total. The van der Waals surface area contributed by atoms with Gasteiger partial charge in [-0.25, -0.2) is 9.18 Å². The highest BCUT2D eigenvalue weighted by molar-refractivity contribution is 6.01. The zero-order valence-corrected chi connectivity index (χ0v) is 7.96. The summed E-state index contributed by atoms with van der Waals surface area (Å²) in [5.41, 5.74) is 0.866. The molecule has 1 amide bonds. The standard InChI is InChI=1S/C10H8FNO3/c1-15-10(14)6-4-8-5(2-7(6)11)3-9(13)12-8/h2,4H,3H2,1H3,(H,12,13). The average molecular weight is 209 g/mol. The van der Waals surface area contributed by atoms with Gasteiger partial charge in [0, 0.05) is 5.69 Å². The molecule has 1 heterocycles. The lowest BCUT2D eigenvalue weighted by Crippen LogP contribution is -2.06. The Morgan fingerprint density at radius 1 is 1.53 bits per heavy atom. The smallest absolute Gasteiger partial charge is 0.340 e. The Labute approximate surface area is 85.0 Å². The van der Waals surface area contributed by atoms with Gasteiger partial charge in [0.05, 0.1) is 19.1 Å². The first kappa shape index (κ1) is 9.64. The Hall–Kier alpha value is -1.91. The summed E-state index contributed by atoms with van der Waals surface area (Å²) >= 11 is 0. The van der Waals surface area contributed by atoms with E-state index in [0.29, 0.717) is 11.3 Å². The maximum absolute atomic E-state index is 13.4. The van der Waals surface area contributed by atoms with Crippen molar-refractivity contribution in [1.82, 2.24) is 0 Å². The monoisotopic (exact) mass is 209 g/mol. The summed E-state index contributed by atoms with van der Waals surface area (Å²) in [6.07, 6.45) is 0.147. The number of anilines is 1. The van der Waals surface area contributed by atoms with Crippen LogP contribution in [0.25, 0.3) is 0 Å². The Kier molecular flexibility index (Phi) is 2.15. The summed E-state index contributed by atoms with van der Waals surface area (Å²) in [7, 11) is 1.17. The third-order valence-corrected chi connectivity index (χ3v) is 2.22. The summed E-state index contributed by atoms with van der Waals surface area (Å²) in [4.78, 5) is 22.2. The van der Waals surface area contributed by atoms with Crippen LogP contribution in [0.15, 0.2) is 12.1 Å². The van der Waals surface area contributed by atoms with Crippen molar-refractivity contribution in [3.63, 3.8) is 0 Å².